The van der Waals surface area contributed by atoms with E-state index in [1.807, 2.05) is 7.05 Å². The average Bonchev–Trinajstić information content (AvgIpc) is 2.63. The molecule has 0 spiro atoms. The number of nitrogens with zero attached hydrogens (tertiary/aromatic N) is 3. The lowest BCUT2D eigenvalue weighted by Crippen LogP contribution is -2.22. The van der Waals surface area contributed by atoms with Crippen LogP contribution in [0.1, 0.15) is 19.2 Å². The Balaban J connectivity index is 1.93. The fraction of sp³-hybridized carbons (Fsp3) is 0.800. The predicted octanol–water partition coefficient (Wildman–Crippen LogP) is 0.374. The fourth-order valence-electron chi connectivity index (χ4n) is 1.21. The van der Waals surface area contributed by atoms with Crippen LogP contribution in [-0.2, 0) is 18.2 Å². The van der Waals surface area contributed by atoms with Crippen LogP contribution in [0.15, 0.2) is 6.33 Å². The summed E-state index contributed by atoms with van der Waals surface area (Å²) >= 11 is 0. The van der Waals surface area contributed by atoms with Gasteiger partial charge in [-0.1, -0.05) is 6.92 Å². The molecule has 0 fully saturated rings. The van der Waals surface area contributed by atoms with Crippen molar-refractivity contribution < 1.29 is 4.74 Å². The molecule has 0 aromatic carbocycles. The molecule has 5 nitrogen and oxygen atoms in total. The first-order chi connectivity index (χ1) is 7.33. The Morgan fingerprint density at radius 2 is 2.27 bits per heavy atom. The number of rotatable bonds is 8. The van der Waals surface area contributed by atoms with Crippen LogP contribution in [0, 0.1) is 0 Å². The summed E-state index contributed by atoms with van der Waals surface area (Å²) in [6.45, 7) is 5.54. The fourth-order valence-corrected chi connectivity index (χ4v) is 1.21. The van der Waals surface area contributed by atoms with Crippen molar-refractivity contribution in [3.8, 4) is 0 Å². The zero-order chi connectivity index (χ0) is 10.9. The number of aromatic nitrogens is 3. The third kappa shape index (κ3) is 5.49. The van der Waals surface area contributed by atoms with E-state index >= 15 is 0 Å². The highest BCUT2D eigenvalue weighted by atomic mass is 16.5. The van der Waals surface area contributed by atoms with E-state index in [-0.39, 0.29) is 0 Å². The minimum absolute atomic E-state index is 0.781. The molecule has 1 aromatic rings. The molecule has 1 N–H and O–H groups in total. The first-order valence-corrected chi connectivity index (χ1v) is 5.46. The molecule has 86 valence electrons. The Hall–Kier alpha value is -0.940. The predicted molar refractivity (Wildman–Crippen MR) is 58.7 cm³/mol. The molecular weight excluding hydrogens is 192 g/mol. The summed E-state index contributed by atoms with van der Waals surface area (Å²) in [5.41, 5.74) is 0. The van der Waals surface area contributed by atoms with E-state index in [1.54, 1.807) is 11.0 Å². The molecule has 0 saturated carbocycles. The molecule has 0 atom stereocenters. The van der Waals surface area contributed by atoms with E-state index in [1.165, 1.54) is 0 Å². The molecular formula is C10H20N4O. The van der Waals surface area contributed by atoms with Gasteiger partial charge in [-0.3, -0.25) is 4.68 Å². The summed E-state index contributed by atoms with van der Waals surface area (Å²) in [6, 6.07) is 0. The lowest BCUT2D eigenvalue weighted by molar-refractivity contribution is 0.136. The van der Waals surface area contributed by atoms with Crippen LogP contribution < -0.4 is 5.32 Å². The highest BCUT2D eigenvalue weighted by Gasteiger charge is 1.97. The van der Waals surface area contributed by atoms with Gasteiger partial charge in [-0.2, -0.15) is 5.10 Å². The van der Waals surface area contributed by atoms with Crippen molar-refractivity contribution in [3.05, 3.63) is 12.2 Å². The summed E-state index contributed by atoms with van der Waals surface area (Å²) < 4.78 is 7.06. The van der Waals surface area contributed by atoms with Gasteiger partial charge in [-0.15, -0.1) is 0 Å². The van der Waals surface area contributed by atoms with Crippen LogP contribution >= 0.6 is 0 Å². The molecule has 0 aliphatic carbocycles. The minimum atomic E-state index is 0.781. The van der Waals surface area contributed by atoms with Crippen LogP contribution in [-0.4, -0.2) is 41.1 Å². The van der Waals surface area contributed by atoms with Gasteiger partial charge in [0, 0.05) is 33.2 Å². The molecule has 1 rings (SSSR count). The van der Waals surface area contributed by atoms with Crippen LogP contribution in [0.2, 0.25) is 0 Å². The third-order valence-corrected chi connectivity index (χ3v) is 1.94. The normalized spacial score (nSPS) is 10.8. The molecule has 0 unspecified atom stereocenters. The minimum Gasteiger partial charge on any atom is -0.380 e. The molecule has 0 aliphatic rings. The Morgan fingerprint density at radius 3 is 2.93 bits per heavy atom. The maximum absolute atomic E-state index is 5.34. The molecule has 0 saturated heterocycles. The third-order valence-electron chi connectivity index (χ3n) is 1.94. The van der Waals surface area contributed by atoms with Gasteiger partial charge >= 0.3 is 0 Å². The van der Waals surface area contributed by atoms with Crippen molar-refractivity contribution in [1.82, 2.24) is 20.1 Å². The second kappa shape index (κ2) is 7.36. The molecule has 0 bridgehead atoms. The van der Waals surface area contributed by atoms with Gasteiger partial charge < -0.3 is 10.1 Å². The van der Waals surface area contributed by atoms with E-state index in [9.17, 15) is 0 Å². The molecule has 0 amide bonds. The van der Waals surface area contributed by atoms with Crippen LogP contribution in [0.4, 0.5) is 0 Å². The van der Waals surface area contributed by atoms with E-state index in [4.69, 9.17) is 4.74 Å². The summed E-state index contributed by atoms with van der Waals surface area (Å²) in [4.78, 5) is 4.14. The zero-order valence-corrected chi connectivity index (χ0v) is 9.57. The highest BCUT2D eigenvalue weighted by molar-refractivity contribution is 4.81. The number of hydrogen-bond donors (Lipinski definition) is 1. The summed E-state index contributed by atoms with van der Waals surface area (Å²) in [5, 5.41) is 7.48. The second-order valence-corrected chi connectivity index (χ2v) is 3.45. The summed E-state index contributed by atoms with van der Waals surface area (Å²) in [7, 11) is 1.88. The van der Waals surface area contributed by atoms with Crippen molar-refractivity contribution in [2.45, 2.75) is 19.8 Å². The first kappa shape index (κ1) is 12.1. The van der Waals surface area contributed by atoms with Crippen LogP contribution in [0.25, 0.3) is 0 Å². The van der Waals surface area contributed by atoms with Gasteiger partial charge in [-0.25, -0.2) is 4.98 Å². The van der Waals surface area contributed by atoms with Gasteiger partial charge in [0.1, 0.15) is 6.33 Å². The molecule has 15 heavy (non-hydrogen) atoms. The van der Waals surface area contributed by atoms with Crippen molar-refractivity contribution in [2.24, 2.45) is 7.05 Å². The number of hydrogen-bond acceptors (Lipinski definition) is 4. The molecule has 5 heteroatoms. The smallest absolute Gasteiger partial charge is 0.151 e. The van der Waals surface area contributed by atoms with E-state index in [0.717, 1.165) is 45.0 Å². The number of nitrogens with one attached hydrogen (secondary N) is 1. The van der Waals surface area contributed by atoms with Gasteiger partial charge in [0.15, 0.2) is 5.82 Å². The highest BCUT2D eigenvalue weighted by Crippen LogP contribution is 1.87. The maximum atomic E-state index is 5.34. The van der Waals surface area contributed by atoms with Gasteiger partial charge in [0.25, 0.3) is 0 Å². The van der Waals surface area contributed by atoms with Crippen molar-refractivity contribution in [1.29, 1.82) is 0 Å². The lowest BCUT2D eigenvalue weighted by Gasteiger charge is -2.03. The largest absolute Gasteiger partial charge is 0.380 e. The van der Waals surface area contributed by atoms with Crippen LogP contribution in [0.3, 0.4) is 0 Å². The Kier molecular flexibility index (Phi) is 5.96. The summed E-state index contributed by atoms with van der Waals surface area (Å²) in [5.74, 6) is 0.888. The average molecular weight is 212 g/mol. The molecule has 0 aliphatic heterocycles. The number of aryl methyl sites for hydroxylation is 1. The Morgan fingerprint density at radius 1 is 1.40 bits per heavy atom. The summed E-state index contributed by atoms with van der Waals surface area (Å²) in [6.07, 6.45) is 3.67. The lowest BCUT2D eigenvalue weighted by atomic mass is 10.4. The van der Waals surface area contributed by atoms with E-state index in [2.05, 4.69) is 22.3 Å². The van der Waals surface area contributed by atoms with Crippen molar-refractivity contribution >= 4 is 0 Å². The molecule has 1 aromatic heterocycles. The number of ether oxygens (including phenoxy) is 1. The van der Waals surface area contributed by atoms with Crippen molar-refractivity contribution in [3.63, 3.8) is 0 Å². The van der Waals surface area contributed by atoms with Crippen LogP contribution in [0.5, 0.6) is 0 Å². The van der Waals surface area contributed by atoms with E-state index in [0.29, 0.717) is 0 Å². The Labute approximate surface area is 90.8 Å². The zero-order valence-electron chi connectivity index (χ0n) is 9.57. The van der Waals surface area contributed by atoms with E-state index < -0.39 is 0 Å². The monoisotopic (exact) mass is 212 g/mol. The first-order valence-electron chi connectivity index (χ1n) is 5.46. The SMILES string of the molecule is CCCOCCNCCc1ncn(C)n1. The molecule has 1 heterocycles. The van der Waals surface area contributed by atoms with Gasteiger partial charge in [0.2, 0.25) is 0 Å². The van der Waals surface area contributed by atoms with Crippen molar-refractivity contribution in [2.75, 3.05) is 26.3 Å². The quantitative estimate of drug-likeness (QED) is 0.633. The topological polar surface area (TPSA) is 52.0 Å². The second-order valence-electron chi connectivity index (χ2n) is 3.45. The Bertz CT molecular complexity index is 262. The standard InChI is InChI=1S/C10H20N4O/c1-3-7-15-8-6-11-5-4-10-12-9-14(2)13-10/h9,11H,3-8H2,1-2H3. The molecule has 0 radical (unpaired) electrons. The van der Waals surface area contributed by atoms with Gasteiger partial charge in [0.05, 0.1) is 6.61 Å². The van der Waals surface area contributed by atoms with Gasteiger partial charge in [-0.05, 0) is 6.42 Å². The maximum Gasteiger partial charge on any atom is 0.151 e.